The fourth-order valence-electron chi connectivity index (χ4n) is 2.73. The van der Waals surface area contributed by atoms with E-state index in [1.807, 2.05) is 24.3 Å². The second-order valence-corrected chi connectivity index (χ2v) is 5.82. The van der Waals surface area contributed by atoms with Crippen LogP contribution in [0.4, 0.5) is 0 Å². The first-order chi connectivity index (χ1) is 9.66. The van der Waals surface area contributed by atoms with Gasteiger partial charge in [-0.15, -0.1) is 0 Å². The van der Waals surface area contributed by atoms with Crippen LogP contribution in [0.1, 0.15) is 29.5 Å². The second-order valence-electron chi connectivity index (χ2n) is 4.97. The third-order valence-electron chi connectivity index (χ3n) is 3.76. The van der Waals surface area contributed by atoms with E-state index in [0.717, 1.165) is 23.3 Å². The van der Waals surface area contributed by atoms with Crippen LogP contribution in [0.2, 0.25) is 10.0 Å². The number of para-hydroxylation sites is 1. The highest BCUT2D eigenvalue weighted by molar-refractivity contribution is 6.33. The predicted molar refractivity (Wildman–Crippen MR) is 82.7 cm³/mol. The molecule has 4 heteroatoms. The molecular formula is C16H15Cl2NO. The van der Waals surface area contributed by atoms with Gasteiger partial charge in [0, 0.05) is 22.0 Å². The SMILES string of the molecule is NC(c1cc(Cl)ccc1Cl)C1CCOc2ccccc21. The molecule has 0 radical (unpaired) electrons. The summed E-state index contributed by atoms with van der Waals surface area (Å²) in [5.41, 5.74) is 8.49. The first kappa shape index (κ1) is 13.7. The maximum atomic E-state index is 6.46. The lowest BCUT2D eigenvalue weighted by atomic mass is 9.84. The number of fused-ring (bicyclic) bond motifs is 1. The third kappa shape index (κ3) is 2.51. The van der Waals surface area contributed by atoms with E-state index in [2.05, 4.69) is 6.07 Å². The van der Waals surface area contributed by atoms with Crippen molar-refractivity contribution in [3.05, 3.63) is 63.6 Å². The van der Waals surface area contributed by atoms with Crippen molar-refractivity contribution in [1.29, 1.82) is 0 Å². The van der Waals surface area contributed by atoms with Crippen molar-refractivity contribution < 1.29 is 4.74 Å². The third-order valence-corrected chi connectivity index (χ3v) is 4.33. The first-order valence-electron chi connectivity index (χ1n) is 6.59. The Balaban J connectivity index is 1.99. The van der Waals surface area contributed by atoms with Gasteiger partial charge in [0.25, 0.3) is 0 Å². The number of halogens is 2. The molecule has 2 aromatic carbocycles. The van der Waals surface area contributed by atoms with Crippen molar-refractivity contribution in [3.63, 3.8) is 0 Å². The van der Waals surface area contributed by atoms with Gasteiger partial charge in [0.15, 0.2) is 0 Å². The minimum Gasteiger partial charge on any atom is -0.493 e. The van der Waals surface area contributed by atoms with Crippen LogP contribution in [0.15, 0.2) is 42.5 Å². The van der Waals surface area contributed by atoms with Crippen molar-refractivity contribution in [2.75, 3.05) is 6.61 Å². The Hall–Kier alpha value is -1.22. The summed E-state index contributed by atoms with van der Waals surface area (Å²) in [7, 11) is 0. The fraction of sp³-hybridized carbons (Fsp3) is 0.250. The molecular weight excluding hydrogens is 293 g/mol. The lowest BCUT2D eigenvalue weighted by molar-refractivity contribution is 0.255. The lowest BCUT2D eigenvalue weighted by Crippen LogP contribution is -2.25. The maximum Gasteiger partial charge on any atom is 0.122 e. The van der Waals surface area contributed by atoms with Crippen molar-refractivity contribution in [1.82, 2.24) is 0 Å². The number of benzene rings is 2. The summed E-state index contributed by atoms with van der Waals surface area (Å²) < 4.78 is 5.68. The summed E-state index contributed by atoms with van der Waals surface area (Å²) in [5, 5.41) is 1.31. The maximum absolute atomic E-state index is 6.46. The van der Waals surface area contributed by atoms with Gasteiger partial charge in [-0.2, -0.15) is 0 Å². The molecule has 0 aromatic heterocycles. The van der Waals surface area contributed by atoms with Crippen molar-refractivity contribution >= 4 is 23.2 Å². The summed E-state index contributed by atoms with van der Waals surface area (Å²) in [6.45, 7) is 0.674. The molecule has 2 atom stereocenters. The molecule has 1 aliphatic rings. The van der Waals surface area contributed by atoms with Crippen LogP contribution in [0.5, 0.6) is 5.75 Å². The van der Waals surface area contributed by atoms with Crippen molar-refractivity contribution in [2.45, 2.75) is 18.4 Å². The molecule has 2 nitrogen and oxygen atoms in total. The Morgan fingerprint density at radius 3 is 2.80 bits per heavy atom. The standard InChI is InChI=1S/C16H15Cl2NO/c17-10-5-6-14(18)13(9-10)16(19)12-7-8-20-15-4-2-1-3-11(12)15/h1-6,9,12,16H,7-8,19H2. The van der Waals surface area contributed by atoms with Crippen LogP contribution in [-0.4, -0.2) is 6.61 Å². The number of ether oxygens (including phenoxy) is 1. The average Bonchev–Trinajstić information content (AvgIpc) is 2.48. The van der Waals surface area contributed by atoms with Gasteiger partial charge in [0.2, 0.25) is 0 Å². The molecule has 0 saturated heterocycles. The summed E-state index contributed by atoms with van der Waals surface area (Å²) in [5.74, 6) is 1.10. The molecule has 0 saturated carbocycles. The molecule has 2 aromatic rings. The smallest absolute Gasteiger partial charge is 0.122 e. The number of rotatable bonds is 2. The minimum absolute atomic E-state index is 0.189. The van der Waals surface area contributed by atoms with E-state index in [1.54, 1.807) is 12.1 Å². The molecule has 0 spiro atoms. The van der Waals surface area contributed by atoms with Crippen LogP contribution in [0.3, 0.4) is 0 Å². The van der Waals surface area contributed by atoms with Crippen LogP contribution in [0.25, 0.3) is 0 Å². The summed E-state index contributed by atoms with van der Waals surface area (Å²) >= 11 is 12.3. The largest absolute Gasteiger partial charge is 0.493 e. The fourth-order valence-corrected chi connectivity index (χ4v) is 3.15. The first-order valence-corrected chi connectivity index (χ1v) is 7.34. The van der Waals surface area contributed by atoms with E-state index in [9.17, 15) is 0 Å². The molecule has 20 heavy (non-hydrogen) atoms. The second kappa shape index (κ2) is 5.65. The van der Waals surface area contributed by atoms with Crippen LogP contribution in [-0.2, 0) is 0 Å². The Labute approximate surface area is 128 Å². The number of hydrogen-bond donors (Lipinski definition) is 1. The zero-order valence-corrected chi connectivity index (χ0v) is 12.4. The van der Waals surface area contributed by atoms with Gasteiger partial charge in [0.1, 0.15) is 5.75 Å². The predicted octanol–water partition coefficient (Wildman–Crippen LogP) is 4.56. The van der Waals surface area contributed by atoms with E-state index in [4.69, 9.17) is 33.7 Å². The molecule has 3 rings (SSSR count). The molecule has 0 fully saturated rings. The van der Waals surface area contributed by atoms with Crippen LogP contribution in [0, 0.1) is 0 Å². The molecule has 104 valence electrons. The Morgan fingerprint density at radius 1 is 1.15 bits per heavy atom. The normalized spacial score (nSPS) is 19.1. The monoisotopic (exact) mass is 307 g/mol. The van der Waals surface area contributed by atoms with E-state index in [1.165, 1.54) is 0 Å². The van der Waals surface area contributed by atoms with Gasteiger partial charge in [-0.25, -0.2) is 0 Å². The van der Waals surface area contributed by atoms with E-state index < -0.39 is 0 Å². The van der Waals surface area contributed by atoms with E-state index in [0.29, 0.717) is 16.7 Å². The summed E-state index contributed by atoms with van der Waals surface area (Å²) in [4.78, 5) is 0. The Kier molecular flexibility index (Phi) is 3.88. The van der Waals surface area contributed by atoms with Gasteiger partial charge in [-0.3, -0.25) is 0 Å². The van der Waals surface area contributed by atoms with Crippen LogP contribution >= 0.6 is 23.2 Å². The summed E-state index contributed by atoms with van der Waals surface area (Å²) in [6.07, 6.45) is 0.876. The van der Waals surface area contributed by atoms with Crippen molar-refractivity contribution in [2.24, 2.45) is 5.73 Å². The Bertz CT molecular complexity index is 630. The van der Waals surface area contributed by atoms with Gasteiger partial charge in [-0.05, 0) is 41.8 Å². The molecule has 0 bridgehead atoms. The topological polar surface area (TPSA) is 35.2 Å². The zero-order valence-electron chi connectivity index (χ0n) is 10.9. The molecule has 0 amide bonds. The molecule has 0 aliphatic carbocycles. The highest BCUT2D eigenvalue weighted by Crippen LogP contribution is 2.42. The molecule has 1 heterocycles. The van der Waals surface area contributed by atoms with Gasteiger partial charge >= 0.3 is 0 Å². The van der Waals surface area contributed by atoms with Crippen molar-refractivity contribution in [3.8, 4) is 5.75 Å². The van der Waals surface area contributed by atoms with Gasteiger partial charge < -0.3 is 10.5 Å². The minimum atomic E-state index is -0.189. The highest BCUT2D eigenvalue weighted by atomic mass is 35.5. The molecule has 2 N–H and O–H groups in total. The van der Waals surface area contributed by atoms with E-state index >= 15 is 0 Å². The number of nitrogens with two attached hydrogens (primary N) is 1. The van der Waals surface area contributed by atoms with Crippen LogP contribution < -0.4 is 10.5 Å². The molecule has 1 aliphatic heterocycles. The number of hydrogen-bond acceptors (Lipinski definition) is 2. The molecule has 2 unspecified atom stereocenters. The van der Waals surface area contributed by atoms with Gasteiger partial charge in [-0.1, -0.05) is 41.4 Å². The quantitative estimate of drug-likeness (QED) is 0.882. The van der Waals surface area contributed by atoms with E-state index in [-0.39, 0.29) is 12.0 Å². The highest BCUT2D eigenvalue weighted by Gasteiger charge is 2.28. The lowest BCUT2D eigenvalue weighted by Gasteiger charge is -2.31. The summed E-state index contributed by atoms with van der Waals surface area (Å²) in [6, 6.07) is 13.3. The zero-order chi connectivity index (χ0) is 14.1. The average molecular weight is 308 g/mol. The Morgan fingerprint density at radius 2 is 1.95 bits per heavy atom. The van der Waals surface area contributed by atoms with Gasteiger partial charge in [0.05, 0.1) is 6.61 Å².